The summed E-state index contributed by atoms with van der Waals surface area (Å²) in [6.07, 6.45) is 0. The smallest absolute Gasteiger partial charge is 0.199 e. The van der Waals surface area contributed by atoms with Gasteiger partial charge in [-0.15, -0.1) is 0 Å². The SMILES string of the molecule is CN(Cc1ccc(N=C(c2ccccc2)c2c(O)[nH]c3ccc(N)cc23)cc1)Cc1cccc(Cl)c1. The highest BCUT2D eigenvalue weighted by Crippen LogP contribution is 2.32. The third-order valence-corrected chi connectivity index (χ3v) is 6.29. The predicted molar refractivity (Wildman–Crippen MR) is 149 cm³/mol. The van der Waals surface area contributed by atoms with Crippen LogP contribution in [-0.2, 0) is 13.1 Å². The Balaban J connectivity index is 1.45. The van der Waals surface area contributed by atoms with Gasteiger partial charge < -0.3 is 15.8 Å². The van der Waals surface area contributed by atoms with Crippen molar-refractivity contribution >= 4 is 39.6 Å². The van der Waals surface area contributed by atoms with Crippen molar-refractivity contribution in [3.05, 3.63) is 124 Å². The molecule has 0 aliphatic rings. The van der Waals surface area contributed by atoms with Crippen LogP contribution in [0.3, 0.4) is 0 Å². The Kier molecular flexibility index (Phi) is 6.76. The number of aliphatic imine (C=N–C) groups is 1. The number of hydrogen-bond donors (Lipinski definition) is 3. The van der Waals surface area contributed by atoms with Gasteiger partial charge in [-0.1, -0.05) is 66.2 Å². The third kappa shape index (κ3) is 5.28. The van der Waals surface area contributed by atoms with E-state index in [4.69, 9.17) is 22.3 Å². The monoisotopic (exact) mass is 494 g/mol. The number of hydrogen-bond acceptors (Lipinski definition) is 4. The number of nitrogens with one attached hydrogen (secondary N) is 1. The Hall–Kier alpha value is -4.06. The Bertz CT molecular complexity index is 1520. The molecule has 0 amide bonds. The summed E-state index contributed by atoms with van der Waals surface area (Å²) in [5, 5.41) is 12.4. The molecule has 0 spiro atoms. The summed E-state index contributed by atoms with van der Waals surface area (Å²) in [4.78, 5) is 10.3. The second kappa shape index (κ2) is 10.3. The third-order valence-electron chi connectivity index (χ3n) is 6.06. The molecule has 5 aromatic rings. The summed E-state index contributed by atoms with van der Waals surface area (Å²) in [6, 6.07) is 31.5. The number of anilines is 1. The fraction of sp³-hybridized carbons (Fsp3) is 0.100. The van der Waals surface area contributed by atoms with Crippen LogP contribution in [0.1, 0.15) is 22.3 Å². The number of aromatic amines is 1. The van der Waals surface area contributed by atoms with Gasteiger partial charge in [0.2, 0.25) is 0 Å². The second-order valence-corrected chi connectivity index (χ2v) is 9.39. The van der Waals surface area contributed by atoms with E-state index in [1.807, 2.05) is 78.9 Å². The quantitative estimate of drug-likeness (QED) is 0.170. The van der Waals surface area contributed by atoms with E-state index < -0.39 is 0 Å². The van der Waals surface area contributed by atoms with Crippen LogP contribution in [0.15, 0.2) is 102 Å². The van der Waals surface area contributed by atoms with E-state index in [-0.39, 0.29) is 5.88 Å². The van der Waals surface area contributed by atoms with Crippen molar-refractivity contribution in [1.82, 2.24) is 9.88 Å². The van der Waals surface area contributed by atoms with Crippen molar-refractivity contribution in [3.8, 4) is 5.88 Å². The van der Waals surface area contributed by atoms with Gasteiger partial charge in [0.05, 0.1) is 17.0 Å². The van der Waals surface area contributed by atoms with E-state index in [9.17, 15) is 5.11 Å². The number of aromatic hydroxyl groups is 1. The van der Waals surface area contributed by atoms with Crippen molar-refractivity contribution in [1.29, 1.82) is 0 Å². The minimum Gasteiger partial charge on any atom is -0.494 e. The van der Waals surface area contributed by atoms with E-state index in [0.29, 0.717) is 17.0 Å². The average Bonchev–Trinajstić information content (AvgIpc) is 3.18. The lowest BCUT2D eigenvalue weighted by atomic mass is 10.0. The van der Waals surface area contributed by atoms with Crippen LogP contribution in [0.5, 0.6) is 5.88 Å². The molecule has 0 bridgehead atoms. The highest BCUT2D eigenvalue weighted by Gasteiger charge is 2.19. The molecule has 6 heteroatoms. The summed E-state index contributed by atoms with van der Waals surface area (Å²) in [5.41, 5.74) is 12.9. The van der Waals surface area contributed by atoms with Crippen LogP contribution in [0.4, 0.5) is 11.4 Å². The number of benzene rings is 4. The summed E-state index contributed by atoms with van der Waals surface area (Å²) in [6.45, 7) is 1.60. The van der Waals surface area contributed by atoms with Gasteiger partial charge in [0, 0.05) is 40.3 Å². The van der Waals surface area contributed by atoms with Crippen molar-refractivity contribution < 1.29 is 5.11 Å². The standard InChI is InChI=1S/C30H27ClN4O/c1-35(19-21-6-5-9-23(31)16-21)18-20-10-13-25(14-11-20)33-29(22-7-3-2-4-8-22)28-26-17-24(32)12-15-27(26)34-30(28)36/h2-17,34,36H,18-19,32H2,1H3. The van der Waals surface area contributed by atoms with Gasteiger partial charge in [-0.05, 0) is 60.6 Å². The molecule has 0 radical (unpaired) electrons. The van der Waals surface area contributed by atoms with Crippen molar-refractivity contribution in [2.24, 2.45) is 4.99 Å². The largest absolute Gasteiger partial charge is 0.494 e. The molecule has 5 nitrogen and oxygen atoms in total. The predicted octanol–water partition coefficient (Wildman–Crippen LogP) is 6.91. The normalized spacial score (nSPS) is 11.9. The molecule has 0 aliphatic carbocycles. The van der Waals surface area contributed by atoms with Crippen LogP contribution in [0, 0.1) is 0 Å². The zero-order valence-electron chi connectivity index (χ0n) is 19.9. The summed E-state index contributed by atoms with van der Waals surface area (Å²) in [5.74, 6) is 0.0671. The molecule has 5 rings (SSSR count). The Morgan fingerprint density at radius 3 is 2.39 bits per heavy atom. The maximum Gasteiger partial charge on any atom is 0.199 e. The molecule has 0 atom stereocenters. The first-order valence-electron chi connectivity index (χ1n) is 11.7. The van der Waals surface area contributed by atoms with E-state index in [2.05, 4.69) is 35.1 Å². The fourth-order valence-electron chi connectivity index (χ4n) is 4.42. The zero-order valence-corrected chi connectivity index (χ0v) is 20.7. The molecule has 4 aromatic carbocycles. The fourth-order valence-corrected chi connectivity index (χ4v) is 4.63. The van der Waals surface area contributed by atoms with E-state index >= 15 is 0 Å². The summed E-state index contributed by atoms with van der Waals surface area (Å²) < 4.78 is 0. The van der Waals surface area contributed by atoms with Crippen LogP contribution in [0.25, 0.3) is 10.9 Å². The van der Waals surface area contributed by atoms with Crippen molar-refractivity contribution in [3.63, 3.8) is 0 Å². The number of rotatable bonds is 7. The molecule has 1 heterocycles. The first kappa shape index (κ1) is 23.7. The highest BCUT2D eigenvalue weighted by molar-refractivity contribution is 6.30. The average molecular weight is 495 g/mol. The Morgan fingerprint density at radius 1 is 0.889 bits per heavy atom. The van der Waals surface area contributed by atoms with Gasteiger partial charge in [-0.3, -0.25) is 4.90 Å². The number of nitrogens with zero attached hydrogens (tertiary/aromatic N) is 2. The first-order chi connectivity index (χ1) is 17.5. The number of nitrogen functional groups attached to an aromatic ring is 1. The maximum absolute atomic E-state index is 10.8. The van der Waals surface area contributed by atoms with Gasteiger partial charge in [-0.2, -0.15) is 0 Å². The molecule has 0 saturated heterocycles. The minimum atomic E-state index is 0.0671. The molecule has 4 N–H and O–H groups in total. The molecule has 0 saturated carbocycles. The van der Waals surface area contributed by atoms with Crippen molar-refractivity contribution in [2.75, 3.05) is 12.8 Å². The maximum atomic E-state index is 10.8. The zero-order chi connectivity index (χ0) is 25.1. The number of aromatic nitrogens is 1. The van der Waals surface area contributed by atoms with E-state index in [0.717, 1.165) is 40.3 Å². The molecule has 0 aliphatic heterocycles. The van der Waals surface area contributed by atoms with Crippen molar-refractivity contribution in [2.45, 2.75) is 13.1 Å². The summed E-state index contributed by atoms with van der Waals surface area (Å²) >= 11 is 6.12. The van der Waals surface area contributed by atoms with Gasteiger partial charge in [0.25, 0.3) is 0 Å². The minimum absolute atomic E-state index is 0.0671. The van der Waals surface area contributed by atoms with E-state index in [1.165, 1.54) is 11.1 Å². The van der Waals surface area contributed by atoms with Crippen LogP contribution >= 0.6 is 11.6 Å². The first-order valence-corrected chi connectivity index (χ1v) is 12.1. The van der Waals surface area contributed by atoms with E-state index in [1.54, 1.807) is 0 Å². The lowest BCUT2D eigenvalue weighted by Crippen LogP contribution is -2.17. The van der Waals surface area contributed by atoms with Crippen LogP contribution in [-0.4, -0.2) is 27.7 Å². The molecule has 180 valence electrons. The van der Waals surface area contributed by atoms with Gasteiger partial charge in [0.15, 0.2) is 5.88 Å². The molecule has 1 aromatic heterocycles. The number of fused-ring (bicyclic) bond motifs is 1. The highest BCUT2D eigenvalue weighted by atomic mass is 35.5. The van der Waals surface area contributed by atoms with Gasteiger partial charge in [-0.25, -0.2) is 4.99 Å². The lowest BCUT2D eigenvalue weighted by Gasteiger charge is -2.17. The molecule has 36 heavy (non-hydrogen) atoms. The van der Waals surface area contributed by atoms with Crippen LogP contribution in [0.2, 0.25) is 5.02 Å². The number of nitrogens with two attached hydrogens (primary N) is 1. The molecular formula is C30H27ClN4O. The second-order valence-electron chi connectivity index (χ2n) is 8.95. The van der Waals surface area contributed by atoms with Gasteiger partial charge in [0.1, 0.15) is 0 Å². The molecular weight excluding hydrogens is 468 g/mol. The Morgan fingerprint density at radius 2 is 1.64 bits per heavy atom. The number of H-pyrrole nitrogens is 1. The van der Waals surface area contributed by atoms with Gasteiger partial charge >= 0.3 is 0 Å². The van der Waals surface area contributed by atoms with Crippen LogP contribution < -0.4 is 5.73 Å². The topological polar surface area (TPSA) is 77.6 Å². The Labute approximate surface area is 215 Å². The summed E-state index contributed by atoms with van der Waals surface area (Å²) in [7, 11) is 2.09. The molecule has 0 unspecified atom stereocenters. The lowest BCUT2D eigenvalue weighted by molar-refractivity contribution is 0.319. The number of halogens is 1. The molecule has 0 fully saturated rings.